The minimum Gasteiger partial charge on any atom is -0.393 e. The number of rotatable bonds is 7. The number of aromatic nitrogens is 6. The average Bonchev–Trinajstić information content (AvgIpc) is 3.20. The molecule has 4 aromatic heterocycles. The normalized spacial score (nSPS) is 19.8. The highest BCUT2D eigenvalue weighted by Gasteiger charge is 2.23. The topological polar surface area (TPSA) is 149 Å². The Morgan fingerprint density at radius 3 is 1.49 bits per heavy atom. The zero-order valence-electron chi connectivity index (χ0n) is 31.0. The van der Waals surface area contributed by atoms with E-state index in [1.807, 2.05) is 42.5 Å². The SMILES string of the molecule is COC1CCC(Nc2ncc3cc(-c4ccccc4Cl)c(=O)n(C)c3n2)CC1.Cn1c(=O)c(-c2ccccc2Cl)cc2cnc(NC3CCC(O)CC3)nc21. The molecule has 0 radical (unpaired) electrons. The van der Waals surface area contributed by atoms with Crippen LogP contribution >= 0.6 is 23.2 Å². The van der Waals surface area contributed by atoms with Gasteiger partial charge in [0.2, 0.25) is 11.9 Å². The predicted molar refractivity (Wildman–Crippen MR) is 219 cm³/mol. The molecule has 2 fully saturated rings. The van der Waals surface area contributed by atoms with Gasteiger partial charge < -0.3 is 20.5 Å². The summed E-state index contributed by atoms with van der Waals surface area (Å²) >= 11 is 12.6. The minimum atomic E-state index is -0.204. The van der Waals surface area contributed by atoms with E-state index in [1.165, 1.54) is 4.57 Å². The summed E-state index contributed by atoms with van der Waals surface area (Å²) in [6, 6.07) is 18.8. The monoisotopic (exact) mass is 782 g/mol. The molecular formula is C41H44Cl2N8O4. The lowest BCUT2D eigenvalue weighted by atomic mass is 9.93. The van der Waals surface area contributed by atoms with Crippen molar-refractivity contribution in [3.05, 3.63) is 104 Å². The van der Waals surface area contributed by atoms with E-state index in [-0.39, 0.29) is 23.3 Å². The molecule has 2 saturated carbocycles. The van der Waals surface area contributed by atoms with Crippen LogP contribution in [-0.4, -0.2) is 65.6 Å². The number of nitrogens with zero attached hydrogens (tertiary/aromatic N) is 6. The van der Waals surface area contributed by atoms with Gasteiger partial charge in [-0.2, -0.15) is 9.97 Å². The molecule has 6 aromatic rings. The van der Waals surface area contributed by atoms with Gasteiger partial charge in [0.15, 0.2) is 0 Å². The second kappa shape index (κ2) is 16.9. The molecule has 0 bridgehead atoms. The van der Waals surface area contributed by atoms with Crippen molar-refractivity contribution in [3.63, 3.8) is 0 Å². The van der Waals surface area contributed by atoms with Gasteiger partial charge in [0.05, 0.1) is 12.2 Å². The Balaban J connectivity index is 0.000000169. The van der Waals surface area contributed by atoms with Gasteiger partial charge in [-0.3, -0.25) is 18.7 Å². The third-order valence-electron chi connectivity index (χ3n) is 10.6. The van der Waals surface area contributed by atoms with E-state index in [4.69, 9.17) is 27.9 Å². The van der Waals surface area contributed by atoms with Crippen LogP contribution < -0.4 is 21.8 Å². The first-order valence-corrected chi connectivity index (χ1v) is 19.3. The van der Waals surface area contributed by atoms with Gasteiger partial charge in [0.1, 0.15) is 11.3 Å². The average molecular weight is 784 g/mol. The van der Waals surface area contributed by atoms with Gasteiger partial charge in [0.25, 0.3) is 11.1 Å². The quantitative estimate of drug-likeness (QED) is 0.150. The van der Waals surface area contributed by atoms with Crippen molar-refractivity contribution in [1.29, 1.82) is 0 Å². The molecule has 0 unspecified atom stereocenters. The largest absolute Gasteiger partial charge is 0.393 e. The number of ether oxygens (including phenoxy) is 1. The maximum Gasteiger partial charge on any atom is 0.259 e. The van der Waals surface area contributed by atoms with Crippen LogP contribution in [0.5, 0.6) is 0 Å². The second-order valence-corrected chi connectivity index (χ2v) is 15.1. The Kier molecular flexibility index (Phi) is 11.8. The van der Waals surface area contributed by atoms with E-state index in [1.54, 1.807) is 56.4 Å². The van der Waals surface area contributed by atoms with Crippen LogP contribution in [-0.2, 0) is 18.8 Å². The third kappa shape index (κ3) is 8.52. The fourth-order valence-electron chi connectivity index (χ4n) is 7.41. The van der Waals surface area contributed by atoms with Gasteiger partial charge in [0, 0.05) is 88.8 Å². The van der Waals surface area contributed by atoms with Gasteiger partial charge in [-0.05, 0) is 75.6 Å². The van der Waals surface area contributed by atoms with Gasteiger partial charge >= 0.3 is 0 Å². The molecule has 2 aliphatic carbocycles. The Labute approximate surface area is 328 Å². The van der Waals surface area contributed by atoms with E-state index in [9.17, 15) is 14.7 Å². The number of aryl methyl sites for hydroxylation is 2. The fourth-order valence-corrected chi connectivity index (χ4v) is 7.88. The number of benzene rings is 2. The third-order valence-corrected chi connectivity index (χ3v) is 11.3. The summed E-state index contributed by atoms with van der Waals surface area (Å²) in [5.41, 5.74) is 3.37. The van der Waals surface area contributed by atoms with Crippen LogP contribution in [0.25, 0.3) is 44.3 Å². The predicted octanol–water partition coefficient (Wildman–Crippen LogP) is 7.38. The summed E-state index contributed by atoms with van der Waals surface area (Å²) < 4.78 is 8.52. The van der Waals surface area contributed by atoms with Crippen LogP contribution in [0.2, 0.25) is 10.0 Å². The first-order valence-electron chi connectivity index (χ1n) is 18.6. The van der Waals surface area contributed by atoms with Crippen LogP contribution in [0.4, 0.5) is 11.9 Å². The molecule has 55 heavy (non-hydrogen) atoms. The van der Waals surface area contributed by atoms with Crippen LogP contribution in [0.3, 0.4) is 0 Å². The van der Waals surface area contributed by atoms with Crippen molar-refractivity contribution in [2.24, 2.45) is 14.1 Å². The molecule has 0 amide bonds. The highest BCUT2D eigenvalue weighted by Crippen LogP contribution is 2.29. The Bertz CT molecular complexity index is 2440. The van der Waals surface area contributed by atoms with Crippen LogP contribution in [0.1, 0.15) is 51.4 Å². The number of halogens is 2. The van der Waals surface area contributed by atoms with Crippen molar-refractivity contribution in [2.75, 3.05) is 17.7 Å². The number of anilines is 2. The lowest BCUT2D eigenvalue weighted by Gasteiger charge is -2.28. The summed E-state index contributed by atoms with van der Waals surface area (Å²) in [6.07, 6.45) is 11.0. The highest BCUT2D eigenvalue weighted by atomic mass is 35.5. The molecule has 8 rings (SSSR count). The molecule has 2 aliphatic rings. The summed E-state index contributed by atoms with van der Waals surface area (Å²) in [6.45, 7) is 0. The summed E-state index contributed by atoms with van der Waals surface area (Å²) in [7, 11) is 5.20. The van der Waals surface area contributed by atoms with E-state index in [2.05, 4.69) is 30.6 Å². The standard InChI is InChI=1S/C21H23ClN4O2.C20H21ClN4O2/c1-26-19-13(11-17(20(26)27)16-5-3-4-6-18(16)22)12-23-21(25-19)24-14-7-9-15(28-2)10-8-14;1-25-18-12(10-16(19(25)27)15-4-2-3-5-17(15)21)11-22-20(24-18)23-13-6-8-14(26)9-7-13/h3-6,11-12,14-15H,7-10H2,1-2H3,(H,23,24,25);2-5,10-11,13-14,26H,6-9H2,1H3,(H,22,23,24). The number of hydrogen-bond acceptors (Lipinski definition) is 10. The van der Waals surface area contributed by atoms with Gasteiger partial charge in [-0.25, -0.2) is 9.97 Å². The van der Waals surface area contributed by atoms with Gasteiger partial charge in [-0.15, -0.1) is 0 Å². The minimum absolute atomic E-state index is 0.133. The molecule has 0 saturated heterocycles. The van der Waals surface area contributed by atoms with Crippen molar-refractivity contribution in [1.82, 2.24) is 29.1 Å². The number of hydrogen-bond donors (Lipinski definition) is 3. The molecule has 286 valence electrons. The lowest BCUT2D eigenvalue weighted by Crippen LogP contribution is -2.30. The second-order valence-electron chi connectivity index (χ2n) is 14.3. The van der Waals surface area contributed by atoms with Crippen molar-refractivity contribution in [3.8, 4) is 22.3 Å². The van der Waals surface area contributed by atoms with Crippen molar-refractivity contribution in [2.45, 2.75) is 75.7 Å². The molecule has 2 aromatic carbocycles. The molecular weight excluding hydrogens is 739 g/mol. The first-order chi connectivity index (χ1) is 26.6. The Morgan fingerprint density at radius 1 is 0.655 bits per heavy atom. The molecule has 4 heterocycles. The summed E-state index contributed by atoms with van der Waals surface area (Å²) in [5, 5.41) is 19.0. The number of nitrogens with one attached hydrogen (secondary N) is 2. The summed E-state index contributed by atoms with van der Waals surface area (Å²) in [4.78, 5) is 43.8. The van der Waals surface area contributed by atoms with E-state index in [0.717, 1.165) is 62.1 Å². The van der Waals surface area contributed by atoms with E-state index in [0.29, 0.717) is 67.6 Å². The number of pyridine rings is 2. The molecule has 0 aliphatic heterocycles. The number of fused-ring (bicyclic) bond motifs is 2. The molecule has 3 N–H and O–H groups in total. The molecule has 0 spiro atoms. The number of methoxy groups -OCH3 is 1. The smallest absolute Gasteiger partial charge is 0.259 e. The lowest BCUT2D eigenvalue weighted by molar-refractivity contribution is 0.0681. The van der Waals surface area contributed by atoms with Crippen molar-refractivity contribution < 1.29 is 9.84 Å². The van der Waals surface area contributed by atoms with Gasteiger partial charge in [-0.1, -0.05) is 59.6 Å². The van der Waals surface area contributed by atoms with Crippen LogP contribution in [0.15, 0.2) is 82.6 Å². The van der Waals surface area contributed by atoms with E-state index < -0.39 is 0 Å². The molecule has 14 heteroatoms. The maximum absolute atomic E-state index is 12.9. The number of aliphatic hydroxyl groups is 1. The van der Waals surface area contributed by atoms with E-state index >= 15 is 0 Å². The molecule has 12 nitrogen and oxygen atoms in total. The van der Waals surface area contributed by atoms with Crippen molar-refractivity contribution >= 4 is 57.2 Å². The van der Waals surface area contributed by atoms with Crippen LogP contribution in [0, 0.1) is 0 Å². The maximum atomic E-state index is 12.9. The highest BCUT2D eigenvalue weighted by molar-refractivity contribution is 6.33. The zero-order chi connectivity index (χ0) is 38.6. The Hall–Kier alpha value is -4.88. The molecule has 0 atom stereocenters. The zero-order valence-corrected chi connectivity index (χ0v) is 32.5. The summed E-state index contributed by atoms with van der Waals surface area (Å²) in [5.74, 6) is 1.05. The number of aliphatic hydroxyl groups excluding tert-OH is 1. The first kappa shape index (κ1) is 38.4. The fraction of sp³-hybridized carbons (Fsp3) is 0.366. The Morgan fingerprint density at radius 2 is 1.07 bits per heavy atom.